The Hall–Kier alpha value is -1.92. The molecule has 1 atom stereocenters. The van der Waals surface area contributed by atoms with E-state index in [0.29, 0.717) is 41.7 Å². The molecule has 0 saturated carbocycles. The van der Waals surface area contributed by atoms with Crippen LogP contribution in [0.15, 0.2) is 48.5 Å². The Kier molecular flexibility index (Phi) is 5.19. The van der Waals surface area contributed by atoms with Crippen LogP contribution >= 0.6 is 23.2 Å². The van der Waals surface area contributed by atoms with Gasteiger partial charge in [0.1, 0.15) is 5.60 Å². The van der Waals surface area contributed by atoms with Gasteiger partial charge in [-0.3, -0.25) is 9.59 Å². The van der Waals surface area contributed by atoms with Crippen molar-refractivity contribution in [3.05, 3.63) is 64.1 Å². The van der Waals surface area contributed by atoms with Crippen LogP contribution < -0.4 is 9.80 Å². The summed E-state index contributed by atoms with van der Waals surface area (Å²) in [7, 11) is 0. The summed E-state index contributed by atoms with van der Waals surface area (Å²) < 4.78 is 0. The molecule has 2 N–H and O–H groups in total. The first-order valence-electron chi connectivity index (χ1n) is 9.33. The number of aliphatic hydroxyl groups is 1. The first kappa shape index (κ1) is 19.4. The van der Waals surface area contributed by atoms with Crippen molar-refractivity contribution >= 4 is 40.7 Å². The molecule has 2 heterocycles. The van der Waals surface area contributed by atoms with Crippen LogP contribution in [-0.4, -0.2) is 36.1 Å². The van der Waals surface area contributed by atoms with Crippen molar-refractivity contribution in [2.75, 3.05) is 18.0 Å². The standard InChI is InChI=1S/C21H20Cl2N2O3/c22-15-3-1-14(2-4-15)21(28)9-11-24(12-10-21)18-13-19(26)25(20(18)27)17-7-5-16(23)6-8-17/h1-8,18,28H,9-13H2/p+1/t18-/m0/s1. The Morgan fingerprint density at radius 2 is 1.46 bits per heavy atom. The Balaban J connectivity index is 1.46. The summed E-state index contributed by atoms with van der Waals surface area (Å²) in [4.78, 5) is 27.8. The quantitative estimate of drug-likeness (QED) is 0.749. The first-order chi connectivity index (χ1) is 13.4. The number of benzene rings is 2. The topological polar surface area (TPSA) is 62.1 Å². The van der Waals surface area contributed by atoms with Crippen LogP contribution in [0, 0.1) is 0 Å². The second-order valence-corrected chi connectivity index (χ2v) is 8.37. The predicted octanol–water partition coefficient (Wildman–Crippen LogP) is 2.19. The summed E-state index contributed by atoms with van der Waals surface area (Å²) >= 11 is 11.8. The number of hydrogen-bond donors (Lipinski definition) is 2. The smallest absolute Gasteiger partial charge is 0.292 e. The molecule has 0 aromatic heterocycles. The van der Waals surface area contributed by atoms with Crippen LogP contribution in [0.2, 0.25) is 10.0 Å². The van der Waals surface area contributed by atoms with E-state index in [9.17, 15) is 14.7 Å². The zero-order valence-electron chi connectivity index (χ0n) is 15.2. The monoisotopic (exact) mass is 419 g/mol. The fourth-order valence-corrected chi connectivity index (χ4v) is 4.45. The van der Waals surface area contributed by atoms with Gasteiger partial charge in [-0.2, -0.15) is 0 Å². The lowest BCUT2D eigenvalue weighted by Gasteiger charge is -2.38. The molecule has 2 aliphatic heterocycles. The van der Waals surface area contributed by atoms with Crippen molar-refractivity contribution in [2.24, 2.45) is 0 Å². The van der Waals surface area contributed by atoms with Crippen LogP contribution in [-0.2, 0) is 15.2 Å². The van der Waals surface area contributed by atoms with Crippen LogP contribution in [0.4, 0.5) is 5.69 Å². The first-order valence-corrected chi connectivity index (χ1v) is 10.1. The molecular formula is C21H21Cl2N2O3+. The Morgan fingerprint density at radius 1 is 0.929 bits per heavy atom. The fourth-order valence-electron chi connectivity index (χ4n) is 4.19. The number of hydrogen-bond acceptors (Lipinski definition) is 3. The number of amides is 2. The van der Waals surface area contributed by atoms with Gasteiger partial charge >= 0.3 is 0 Å². The number of imide groups is 1. The third-order valence-electron chi connectivity index (χ3n) is 5.83. The summed E-state index contributed by atoms with van der Waals surface area (Å²) in [6, 6.07) is 13.6. The van der Waals surface area contributed by atoms with Gasteiger partial charge in [0.05, 0.1) is 25.2 Å². The number of quaternary nitrogens is 1. The third kappa shape index (κ3) is 3.55. The molecule has 2 fully saturated rings. The van der Waals surface area contributed by atoms with Crippen LogP contribution in [0.5, 0.6) is 0 Å². The second kappa shape index (κ2) is 7.48. The summed E-state index contributed by atoms with van der Waals surface area (Å²) in [6.07, 6.45) is 1.25. The lowest BCUT2D eigenvalue weighted by molar-refractivity contribution is -0.922. The van der Waals surface area contributed by atoms with Gasteiger partial charge in [-0.05, 0) is 42.0 Å². The van der Waals surface area contributed by atoms with E-state index in [2.05, 4.69) is 0 Å². The number of halogens is 2. The highest BCUT2D eigenvalue weighted by Gasteiger charge is 2.48. The molecule has 7 heteroatoms. The summed E-state index contributed by atoms with van der Waals surface area (Å²) in [5.41, 5.74) is 0.471. The highest BCUT2D eigenvalue weighted by Crippen LogP contribution is 2.31. The van der Waals surface area contributed by atoms with Crippen molar-refractivity contribution in [3.8, 4) is 0 Å². The van der Waals surface area contributed by atoms with E-state index in [1.165, 1.54) is 4.90 Å². The number of nitrogens with zero attached hydrogens (tertiary/aromatic N) is 1. The average molecular weight is 420 g/mol. The number of anilines is 1. The van der Waals surface area contributed by atoms with E-state index < -0.39 is 11.6 Å². The van der Waals surface area contributed by atoms with Crippen molar-refractivity contribution in [1.82, 2.24) is 0 Å². The van der Waals surface area contributed by atoms with Crippen molar-refractivity contribution in [1.29, 1.82) is 0 Å². The minimum Gasteiger partial charge on any atom is -0.385 e. The van der Waals surface area contributed by atoms with E-state index in [1.807, 2.05) is 12.1 Å². The summed E-state index contributed by atoms with van der Waals surface area (Å²) in [6.45, 7) is 1.24. The van der Waals surface area contributed by atoms with Crippen LogP contribution in [0.25, 0.3) is 0 Å². The van der Waals surface area contributed by atoms with E-state index in [4.69, 9.17) is 23.2 Å². The molecule has 2 amide bonds. The molecule has 0 aliphatic carbocycles. The van der Waals surface area contributed by atoms with Crippen molar-refractivity contribution in [2.45, 2.75) is 30.9 Å². The van der Waals surface area contributed by atoms with Crippen molar-refractivity contribution in [3.63, 3.8) is 0 Å². The normalized spacial score (nSPS) is 28.0. The van der Waals surface area contributed by atoms with Crippen molar-refractivity contribution < 1.29 is 19.6 Å². The fraction of sp³-hybridized carbons (Fsp3) is 0.333. The Morgan fingerprint density at radius 3 is 2.04 bits per heavy atom. The number of rotatable bonds is 3. The largest absolute Gasteiger partial charge is 0.385 e. The maximum Gasteiger partial charge on any atom is 0.292 e. The van der Waals surface area contributed by atoms with Gasteiger partial charge < -0.3 is 10.0 Å². The Bertz CT molecular complexity index is 891. The highest BCUT2D eigenvalue weighted by atomic mass is 35.5. The molecule has 2 saturated heterocycles. The SMILES string of the molecule is O=C1C[C@H]([NH+]2CCC(O)(c3ccc(Cl)cc3)CC2)C(=O)N1c1ccc(Cl)cc1. The molecule has 2 aromatic carbocycles. The predicted molar refractivity (Wildman–Crippen MR) is 108 cm³/mol. The second-order valence-electron chi connectivity index (χ2n) is 7.50. The zero-order valence-corrected chi connectivity index (χ0v) is 16.7. The lowest BCUT2D eigenvalue weighted by atomic mass is 9.84. The average Bonchev–Trinajstić information content (AvgIpc) is 2.98. The molecular weight excluding hydrogens is 399 g/mol. The van der Waals surface area contributed by atoms with E-state index in [0.717, 1.165) is 10.5 Å². The molecule has 0 bridgehead atoms. The lowest BCUT2D eigenvalue weighted by Crippen LogP contribution is -3.18. The number of likely N-dealkylation sites (tertiary alicyclic amines) is 1. The highest BCUT2D eigenvalue weighted by molar-refractivity contribution is 6.31. The van der Waals surface area contributed by atoms with Gasteiger partial charge in [0.15, 0.2) is 6.04 Å². The van der Waals surface area contributed by atoms with Gasteiger partial charge in [-0.25, -0.2) is 4.90 Å². The van der Waals surface area contributed by atoms with Gasteiger partial charge in [-0.1, -0.05) is 35.3 Å². The molecule has 0 spiro atoms. The van der Waals surface area contributed by atoms with E-state index >= 15 is 0 Å². The van der Waals surface area contributed by atoms with Gasteiger partial charge in [-0.15, -0.1) is 0 Å². The zero-order chi connectivity index (χ0) is 19.9. The maximum atomic E-state index is 12.9. The van der Waals surface area contributed by atoms with Gasteiger partial charge in [0, 0.05) is 22.9 Å². The number of carbonyl (C=O) groups excluding carboxylic acids is 2. The molecule has 28 heavy (non-hydrogen) atoms. The van der Waals surface area contributed by atoms with Gasteiger partial charge in [0.2, 0.25) is 5.91 Å². The molecule has 2 aromatic rings. The molecule has 0 unspecified atom stereocenters. The van der Waals surface area contributed by atoms with Gasteiger partial charge in [0.25, 0.3) is 5.91 Å². The molecule has 5 nitrogen and oxygen atoms in total. The molecule has 2 aliphatic rings. The molecule has 146 valence electrons. The number of carbonyl (C=O) groups is 2. The van der Waals surface area contributed by atoms with E-state index in [1.54, 1.807) is 36.4 Å². The minimum atomic E-state index is -0.921. The van der Waals surface area contributed by atoms with Crippen LogP contribution in [0.1, 0.15) is 24.8 Å². The summed E-state index contributed by atoms with van der Waals surface area (Å²) in [5, 5.41) is 12.2. The summed E-state index contributed by atoms with van der Waals surface area (Å²) in [5.74, 6) is -0.373. The third-order valence-corrected chi connectivity index (χ3v) is 6.33. The number of piperidine rings is 1. The number of nitrogens with one attached hydrogen (secondary N) is 1. The minimum absolute atomic E-state index is 0.181. The van der Waals surface area contributed by atoms with Crippen LogP contribution in [0.3, 0.4) is 0 Å². The molecule has 4 rings (SSSR count). The Labute approximate surface area is 173 Å². The maximum absolute atomic E-state index is 12.9. The van der Waals surface area contributed by atoms with E-state index in [-0.39, 0.29) is 18.2 Å². The molecule has 0 radical (unpaired) electrons.